The van der Waals surface area contributed by atoms with Gasteiger partial charge in [0.05, 0.1) is 12.7 Å². The number of carboxylic acids is 1. The number of thioether (sulfide) groups is 1. The number of carbonyl (C=O) groups is 2. The number of rotatable bonds is 8. The molecule has 106 valence electrons. The maximum absolute atomic E-state index is 10.8. The third-order valence-corrected chi connectivity index (χ3v) is 3.61. The summed E-state index contributed by atoms with van der Waals surface area (Å²) in [6, 6.07) is 6.31. The van der Waals surface area contributed by atoms with Crippen molar-refractivity contribution in [2.75, 3.05) is 12.9 Å². The molecule has 0 aromatic heterocycles. The summed E-state index contributed by atoms with van der Waals surface area (Å²) in [5.41, 5.74) is 1.37. The van der Waals surface area contributed by atoms with E-state index in [0.29, 0.717) is 23.5 Å². The van der Waals surface area contributed by atoms with E-state index in [9.17, 15) is 9.59 Å². The van der Waals surface area contributed by atoms with Crippen LogP contribution in [0.2, 0.25) is 0 Å². The van der Waals surface area contributed by atoms with Crippen LogP contribution in [0.1, 0.15) is 11.1 Å². The lowest BCUT2D eigenvalue weighted by atomic mass is 10.1. The molecule has 0 fully saturated rings. The van der Waals surface area contributed by atoms with Gasteiger partial charge in [0.25, 0.3) is 0 Å². The highest BCUT2D eigenvalue weighted by molar-refractivity contribution is 7.98. The monoisotopic (exact) mass is 294 g/mol. The van der Waals surface area contributed by atoms with E-state index in [-0.39, 0.29) is 5.75 Å². The van der Waals surface area contributed by atoms with E-state index in [1.54, 1.807) is 18.2 Å². The Morgan fingerprint density at radius 3 is 2.95 bits per heavy atom. The van der Waals surface area contributed by atoms with Gasteiger partial charge in [-0.2, -0.15) is 17.0 Å². The quantitative estimate of drug-likeness (QED) is 0.694. The zero-order chi connectivity index (χ0) is 15.0. The minimum absolute atomic E-state index is 0.260. The van der Waals surface area contributed by atoms with E-state index in [2.05, 4.69) is 5.32 Å². The summed E-state index contributed by atoms with van der Waals surface area (Å²) in [5.74, 6) is 0.247. The lowest BCUT2D eigenvalue weighted by Gasteiger charge is -2.11. The Morgan fingerprint density at radius 1 is 1.65 bits per heavy atom. The minimum atomic E-state index is -1.07. The van der Waals surface area contributed by atoms with Crippen LogP contribution in [0, 0.1) is 11.3 Å². The number of nitriles is 1. The van der Waals surface area contributed by atoms with Crippen molar-refractivity contribution in [1.82, 2.24) is 5.32 Å². The molecule has 1 atom stereocenters. The molecule has 0 heterocycles. The van der Waals surface area contributed by atoms with Crippen LogP contribution in [0.25, 0.3) is 0 Å². The molecule has 0 saturated carbocycles. The molecule has 1 aromatic carbocycles. The van der Waals surface area contributed by atoms with E-state index >= 15 is 0 Å². The predicted molar refractivity (Wildman–Crippen MR) is 74.5 cm³/mol. The van der Waals surface area contributed by atoms with Gasteiger partial charge in [-0.1, -0.05) is 6.07 Å². The number of nitrogens with one attached hydrogen (secondary N) is 1. The molecular formula is C13H14N2O4S. The van der Waals surface area contributed by atoms with E-state index in [1.165, 1.54) is 18.9 Å². The number of nitrogens with zero attached hydrogens (tertiary/aromatic N) is 1. The Kier molecular flexibility index (Phi) is 6.40. The lowest BCUT2D eigenvalue weighted by molar-refractivity contribution is -0.139. The average Bonchev–Trinajstić information content (AvgIpc) is 2.45. The zero-order valence-electron chi connectivity index (χ0n) is 10.8. The van der Waals surface area contributed by atoms with Gasteiger partial charge in [-0.3, -0.25) is 4.79 Å². The fourth-order valence-corrected chi connectivity index (χ4v) is 2.49. The summed E-state index contributed by atoms with van der Waals surface area (Å²) >= 11 is 1.37. The van der Waals surface area contributed by atoms with E-state index in [4.69, 9.17) is 15.1 Å². The van der Waals surface area contributed by atoms with Crippen molar-refractivity contribution in [1.29, 1.82) is 5.26 Å². The van der Waals surface area contributed by atoms with Crippen molar-refractivity contribution >= 4 is 24.1 Å². The average molecular weight is 294 g/mol. The Labute approximate surface area is 120 Å². The summed E-state index contributed by atoms with van der Waals surface area (Å²) in [6.45, 7) is 0. The summed E-state index contributed by atoms with van der Waals surface area (Å²) in [6.07, 6.45) is 0.379. The summed E-state index contributed by atoms with van der Waals surface area (Å²) < 4.78 is 5.10. The molecule has 1 unspecified atom stereocenters. The van der Waals surface area contributed by atoms with Gasteiger partial charge in [-0.05, 0) is 17.7 Å². The smallest absolute Gasteiger partial charge is 0.327 e. The standard InChI is InChI=1S/C13H14N2O4S/c1-19-12-4-9(2-3-10(12)5-14)6-20-7-11(13(17)18)15-8-16/h2-4,8,11H,6-7H2,1H3,(H,15,16)(H,17,18). The van der Waals surface area contributed by atoms with Crippen LogP contribution in [0.3, 0.4) is 0 Å². The first-order valence-electron chi connectivity index (χ1n) is 5.69. The summed E-state index contributed by atoms with van der Waals surface area (Å²) in [4.78, 5) is 21.1. The van der Waals surface area contributed by atoms with Crippen molar-refractivity contribution < 1.29 is 19.4 Å². The van der Waals surface area contributed by atoms with Gasteiger partial charge in [0.15, 0.2) is 0 Å². The van der Waals surface area contributed by atoms with Crippen LogP contribution in [0.5, 0.6) is 5.75 Å². The zero-order valence-corrected chi connectivity index (χ0v) is 11.6. The first-order valence-corrected chi connectivity index (χ1v) is 6.85. The van der Waals surface area contributed by atoms with Crippen LogP contribution < -0.4 is 10.1 Å². The normalized spacial score (nSPS) is 11.2. The number of amides is 1. The number of carboxylic acid groups (broad SMARTS) is 1. The van der Waals surface area contributed by atoms with Gasteiger partial charge in [0.2, 0.25) is 6.41 Å². The van der Waals surface area contributed by atoms with E-state index in [0.717, 1.165) is 5.56 Å². The SMILES string of the molecule is COc1cc(CSCC(NC=O)C(=O)O)ccc1C#N. The molecule has 0 spiro atoms. The number of ether oxygens (including phenoxy) is 1. The molecule has 7 heteroatoms. The van der Waals surface area contributed by atoms with Crippen LogP contribution >= 0.6 is 11.8 Å². The summed E-state index contributed by atoms with van der Waals surface area (Å²) in [7, 11) is 1.49. The summed E-state index contributed by atoms with van der Waals surface area (Å²) in [5, 5.41) is 20.0. The molecule has 0 aliphatic rings. The Balaban J connectivity index is 2.60. The molecule has 0 bridgehead atoms. The van der Waals surface area contributed by atoms with Gasteiger partial charge in [0.1, 0.15) is 17.9 Å². The Morgan fingerprint density at radius 2 is 2.40 bits per heavy atom. The molecule has 0 aliphatic heterocycles. The Bertz CT molecular complexity index is 528. The first kappa shape index (κ1) is 15.9. The van der Waals surface area contributed by atoms with Crippen LogP contribution in [0.4, 0.5) is 0 Å². The second-order valence-corrected chi connectivity index (χ2v) is 4.87. The van der Waals surface area contributed by atoms with Crippen molar-refractivity contribution in [3.63, 3.8) is 0 Å². The number of hydrogen-bond acceptors (Lipinski definition) is 5. The maximum atomic E-state index is 10.8. The highest BCUT2D eigenvalue weighted by Gasteiger charge is 2.15. The topological polar surface area (TPSA) is 99.4 Å². The van der Waals surface area contributed by atoms with Crippen molar-refractivity contribution in [2.45, 2.75) is 11.8 Å². The molecule has 0 saturated heterocycles. The largest absolute Gasteiger partial charge is 0.495 e. The predicted octanol–water partition coefficient (Wildman–Crippen LogP) is 0.999. The van der Waals surface area contributed by atoms with E-state index < -0.39 is 12.0 Å². The van der Waals surface area contributed by atoms with Crippen molar-refractivity contribution in [3.8, 4) is 11.8 Å². The third-order valence-electron chi connectivity index (χ3n) is 2.51. The minimum Gasteiger partial charge on any atom is -0.495 e. The fourth-order valence-electron chi connectivity index (χ4n) is 1.49. The van der Waals surface area contributed by atoms with Gasteiger partial charge < -0.3 is 15.2 Å². The number of methoxy groups -OCH3 is 1. The second kappa shape index (κ2) is 8.07. The van der Waals surface area contributed by atoms with Crippen LogP contribution in [-0.2, 0) is 15.3 Å². The number of hydrogen-bond donors (Lipinski definition) is 2. The molecule has 1 aromatic rings. The molecule has 0 aliphatic carbocycles. The number of benzene rings is 1. The Hall–Kier alpha value is -2.20. The number of aliphatic carboxylic acids is 1. The van der Waals surface area contributed by atoms with Gasteiger partial charge >= 0.3 is 5.97 Å². The van der Waals surface area contributed by atoms with E-state index in [1.807, 2.05) is 6.07 Å². The third kappa shape index (κ3) is 4.48. The molecule has 2 N–H and O–H groups in total. The number of carbonyl (C=O) groups excluding carboxylic acids is 1. The fraction of sp³-hybridized carbons (Fsp3) is 0.308. The van der Waals surface area contributed by atoms with Gasteiger partial charge in [0, 0.05) is 11.5 Å². The molecule has 1 rings (SSSR count). The molecular weight excluding hydrogens is 280 g/mol. The van der Waals surface area contributed by atoms with Gasteiger partial charge in [-0.15, -0.1) is 0 Å². The molecule has 1 amide bonds. The second-order valence-electron chi connectivity index (χ2n) is 3.84. The van der Waals surface area contributed by atoms with Crippen LogP contribution in [-0.4, -0.2) is 36.4 Å². The highest BCUT2D eigenvalue weighted by Crippen LogP contribution is 2.22. The molecule has 6 nitrogen and oxygen atoms in total. The highest BCUT2D eigenvalue weighted by atomic mass is 32.2. The van der Waals surface area contributed by atoms with Gasteiger partial charge in [-0.25, -0.2) is 4.79 Å². The molecule has 20 heavy (non-hydrogen) atoms. The maximum Gasteiger partial charge on any atom is 0.327 e. The van der Waals surface area contributed by atoms with Crippen LogP contribution in [0.15, 0.2) is 18.2 Å². The first-order chi connectivity index (χ1) is 9.62. The van der Waals surface area contributed by atoms with Crippen molar-refractivity contribution in [2.24, 2.45) is 0 Å². The van der Waals surface area contributed by atoms with Crippen molar-refractivity contribution in [3.05, 3.63) is 29.3 Å². The molecule has 0 radical (unpaired) electrons. The lowest BCUT2D eigenvalue weighted by Crippen LogP contribution is -2.37.